The molecule has 1 aromatic carbocycles. The number of rotatable bonds is 1. The van der Waals surface area contributed by atoms with E-state index in [0.717, 1.165) is 17.1 Å². The van der Waals surface area contributed by atoms with Gasteiger partial charge >= 0.3 is 0 Å². The maximum Gasteiger partial charge on any atom is 0.231 e. The van der Waals surface area contributed by atoms with Gasteiger partial charge in [-0.3, -0.25) is 4.98 Å². The maximum atomic E-state index is 5.41. The molecule has 0 aliphatic carbocycles. The Morgan fingerprint density at radius 3 is 3.06 bits per heavy atom. The van der Waals surface area contributed by atoms with Gasteiger partial charge in [0.15, 0.2) is 11.5 Å². The second kappa shape index (κ2) is 3.71. The predicted molar refractivity (Wildman–Crippen MR) is 71.2 cm³/mol. The zero-order valence-corrected chi connectivity index (χ0v) is 10.2. The zero-order valence-electron chi connectivity index (χ0n) is 9.42. The quantitative estimate of drug-likeness (QED) is 0.664. The molecule has 0 spiro atoms. The van der Waals surface area contributed by atoms with Gasteiger partial charge in [0.2, 0.25) is 6.79 Å². The molecule has 2 aromatic heterocycles. The summed E-state index contributed by atoms with van der Waals surface area (Å²) in [6.45, 7) is 0.310. The van der Waals surface area contributed by atoms with Crippen molar-refractivity contribution in [2.45, 2.75) is 0 Å². The van der Waals surface area contributed by atoms with Crippen molar-refractivity contribution >= 4 is 21.4 Å². The van der Waals surface area contributed by atoms with Crippen molar-refractivity contribution in [3.8, 4) is 22.6 Å². The summed E-state index contributed by atoms with van der Waals surface area (Å²) in [5.74, 6) is 1.63. The molecule has 0 N–H and O–H groups in total. The molecule has 0 atom stereocenters. The van der Waals surface area contributed by atoms with Crippen molar-refractivity contribution in [3.05, 3.63) is 42.0 Å². The molecule has 0 amide bonds. The molecule has 3 heterocycles. The van der Waals surface area contributed by atoms with Crippen LogP contribution in [-0.2, 0) is 0 Å². The summed E-state index contributed by atoms with van der Waals surface area (Å²) in [5, 5.41) is 3.34. The van der Waals surface area contributed by atoms with Crippen molar-refractivity contribution in [2.24, 2.45) is 0 Å². The molecule has 88 valence electrons. The molecule has 1 aliphatic rings. The zero-order chi connectivity index (χ0) is 11.9. The standard InChI is InChI=1S/C14H9NO2S/c1-2-12-13(17-8-16-12)5-9(1)11-7-18-14-3-4-15-6-10(11)14/h1-7H,8H2. The number of hydrogen-bond acceptors (Lipinski definition) is 4. The molecule has 18 heavy (non-hydrogen) atoms. The maximum absolute atomic E-state index is 5.41. The van der Waals surface area contributed by atoms with Gasteiger partial charge in [0, 0.05) is 28.0 Å². The average molecular weight is 255 g/mol. The topological polar surface area (TPSA) is 31.4 Å². The monoisotopic (exact) mass is 255 g/mol. The minimum absolute atomic E-state index is 0.310. The summed E-state index contributed by atoms with van der Waals surface area (Å²) in [5.41, 5.74) is 2.33. The first-order valence-electron chi connectivity index (χ1n) is 5.63. The van der Waals surface area contributed by atoms with Crippen LogP contribution in [0.2, 0.25) is 0 Å². The van der Waals surface area contributed by atoms with Crippen molar-refractivity contribution < 1.29 is 9.47 Å². The third kappa shape index (κ3) is 1.39. The van der Waals surface area contributed by atoms with Crippen LogP contribution >= 0.6 is 11.3 Å². The highest BCUT2D eigenvalue weighted by Gasteiger charge is 2.15. The Hall–Kier alpha value is -2.07. The van der Waals surface area contributed by atoms with Crippen molar-refractivity contribution in [2.75, 3.05) is 6.79 Å². The van der Waals surface area contributed by atoms with E-state index < -0.39 is 0 Å². The van der Waals surface area contributed by atoms with Crippen LogP contribution in [0.3, 0.4) is 0 Å². The second-order valence-electron chi connectivity index (χ2n) is 4.09. The van der Waals surface area contributed by atoms with E-state index in [1.807, 2.05) is 30.6 Å². The van der Waals surface area contributed by atoms with Gasteiger partial charge in [-0.1, -0.05) is 6.07 Å². The van der Waals surface area contributed by atoms with E-state index in [2.05, 4.69) is 16.4 Å². The second-order valence-corrected chi connectivity index (χ2v) is 5.00. The molecule has 4 heteroatoms. The Balaban J connectivity index is 1.92. The molecule has 3 aromatic rings. The van der Waals surface area contributed by atoms with Gasteiger partial charge < -0.3 is 9.47 Å². The molecule has 0 unspecified atom stereocenters. The normalized spacial score (nSPS) is 13.1. The van der Waals surface area contributed by atoms with Crippen LogP contribution in [0, 0.1) is 0 Å². The largest absolute Gasteiger partial charge is 0.454 e. The number of aromatic nitrogens is 1. The number of pyridine rings is 1. The van der Waals surface area contributed by atoms with E-state index in [0.29, 0.717) is 6.79 Å². The fourth-order valence-electron chi connectivity index (χ4n) is 2.16. The summed E-state index contributed by atoms with van der Waals surface area (Å²) in [6.07, 6.45) is 3.73. The minimum Gasteiger partial charge on any atom is -0.454 e. The number of thiophene rings is 1. The first-order valence-corrected chi connectivity index (χ1v) is 6.51. The SMILES string of the molecule is c1cc2scc(-c3ccc4c(c3)OCO4)c2cn1. The van der Waals surface area contributed by atoms with Crippen LogP contribution in [0.1, 0.15) is 0 Å². The van der Waals surface area contributed by atoms with Gasteiger partial charge in [0.1, 0.15) is 0 Å². The fraction of sp³-hybridized carbons (Fsp3) is 0.0714. The van der Waals surface area contributed by atoms with Gasteiger partial charge in [-0.25, -0.2) is 0 Å². The molecule has 0 bridgehead atoms. The number of fused-ring (bicyclic) bond motifs is 2. The highest BCUT2D eigenvalue weighted by atomic mass is 32.1. The number of nitrogens with zero attached hydrogens (tertiary/aromatic N) is 1. The fourth-order valence-corrected chi connectivity index (χ4v) is 3.10. The summed E-state index contributed by atoms with van der Waals surface area (Å²) in [6, 6.07) is 8.08. The van der Waals surface area contributed by atoms with Crippen LogP contribution in [0.15, 0.2) is 42.0 Å². The molecule has 1 aliphatic heterocycles. The summed E-state index contributed by atoms with van der Waals surface area (Å²) in [7, 11) is 0. The summed E-state index contributed by atoms with van der Waals surface area (Å²) >= 11 is 1.73. The van der Waals surface area contributed by atoms with Gasteiger partial charge in [0.05, 0.1) is 0 Å². The lowest BCUT2D eigenvalue weighted by Crippen LogP contribution is -1.92. The minimum atomic E-state index is 0.310. The molecule has 3 nitrogen and oxygen atoms in total. The van der Waals surface area contributed by atoms with Gasteiger partial charge in [-0.05, 0) is 29.1 Å². The molecular weight excluding hydrogens is 246 g/mol. The smallest absolute Gasteiger partial charge is 0.231 e. The summed E-state index contributed by atoms with van der Waals surface area (Å²) < 4.78 is 12.0. The van der Waals surface area contributed by atoms with Crippen LogP contribution < -0.4 is 9.47 Å². The molecule has 0 saturated carbocycles. The average Bonchev–Trinajstić information content (AvgIpc) is 3.04. The molecule has 0 radical (unpaired) electrons. The van der Waals surface area contributed by atoms with Crippen molar-refractivity contribution in [1.82, 2.24) is 4.98 Å². The Morgan fingerprint density at radius 1 is 1.11 bits per heavy atom. The Labute approximate surface area is 108 Å². The third-order valence-corrected chi connectivity index (χ3v) is 4.02. The summed E-state index contributed by atoms with van der Waals surface area (Å²) in [4.78, 5) is 4.19. The van der Waals surface area contributed by atoms with E-state index >= 15 is 0 Å². The van der Waals surface area contributed by atoms with E-state index in [4.69, 9.17) is 9.47 Å². The highest BCUT2D eigenvalue weighted by Crippen LogP contribution is 2.39. The molecular formula is C14H9NO2S. The number of ether oxygens (including phenoxy) is 2. The van der Waals surface area contributed by atoms with Crippen molar-refractivity contribution in [1.29, 1.82) is 0 Å². The van der Waals surface area contributed by atoms with E-state index in [1.165, 1.54) is 15.6 Å². The van der Waals surface area contributed by atoms with Crippen molar-refractivity contribution in [3.63, 3.8) is 0 Å². The lowest BCUT2D eigenvalue weighted by molar-refractivity contribution is 0.174. The first-order chi connectivity index (χ1) is 8.92. The lowest BCUT2D eigenvalue weighted by Gasteiger charge is -2.01. The molecule has 4 rings (SSSR count). The van der Waals surface area contributed by atoms with Crippen LogP contribution in [-0.4, -0.2) is 11.8 Å². The molecule has 0 saturated heterocycles. The highest BCUT2D eigenvalue weighted by molar-refractivity contribution is 7.17. The van der Waals surface area contributed by atoms with E-state index in [1.54, 1.807) is 11.3 Å². The van der Waals surface area contributed by atoms with Crippen LogP contribution in [0.25, 0.3) is 21.2 Å². The van der Waals surface area contributed by atoms with Crippen LogP contribution in [0.4, 0.5) is 0 Å². The van der Waals surface area contributed by atoms with Gasteiger partial charge in [0.25, 0.3) is 0 Å². The predicted octanol–water partition coefficient (Wildman–Crippen LogP) is 3.69. The number of hydrogen-bond donors (Lipinski definition) is 0. The van der Waals surface area contributed by atoms with Crippen LogP contribution in [0.5, 0.6) is 11.5 Å². The van der Waals surface area contributed by atoms with Gasteiger partial charge in [-0.15, -0.1) is 11.3 Å². The lowest BCUT2D eigenvalue weighted by atomic mass is 10.1. The van der Waals surface area contributed by atoms with Gasteiger partial charge in [-0.2, -0.15) is 0 Å². The Morgan fingerprint density at radius 2 is 2.06 bits per heavy atom. The number of benzene rings is 1. The van der Waals surface area contributed by atoms with E-state index in [9.17, 15) is 0 Å². The van der Waals surface area contributed by atoms with E-state index in [-0.39, 0.29) is 0 Å². The third-order valence-electron chi connectivity index (χ3n) is 3.06. The molecule has 0 fully saturated rings. The Bertz CT molecular complexity index is 735. The Kier molecular flexibility index (Phi) is 2.04. The first kappa shape index (κ1) is 9.91.